The summed E-state index contributed by atoms with van der Waals surface area (Å²) in [5.74, 6) is 0.280. The summed E-state index contributed by atoms with van der Waals surface area (Å²) in [4.78, 5) is 4.42. The molecule has 1 fully saturated rings. The summed E-state index contributed by atoms with van der Waals surface area (Å²) in [7, 11) is 0. The number of nitrogens with zero attached hydrogens (tertiary/aromatic N) is 1. The second-order valence-electron chi connectivity index (χ2n) is 3.37. The topological polar surface area (TPSA) is 32.6 Å². The molecule has 0 bridgehead atoms. The van der Waals surface area contributed by atoms with E-state index in [0.29, 0.717) is 5.69 Å². The van der Waals surface area contributed by atoms with E-state index in [1.807, 2.05) is 18.2 Å². The zero-order chi connectivity index (χ0) is 9.10. The minimum atomic E-state index is 0.280. The van der Waals surface area contributed by atoms with Gasteiger partial charge >= 0.3 is 0 Å². The minimum absolute atomic E-state index is 0.280. The van der Waals surface area contributed by atoms with Gasteiger partial charge in [-0.15, -0.1) is 0 Å². The molecule has 68 valence electrons. The van der Waals surface area contributed by atoms with E-state index in [2.05, 4.69) is 4.99 Å². The molecule has 13 heavy (non-hydrogen) atoms. The lowest BCUT2D eigenvalue weighted by molar-refractivity contribution is 0.477. The first-order valence-corrected chi connectivity index (χ1v) is 4.71. The molecule has 0 amide bonds. The number of benzene rings is 1. The molecule has 1 aromatic rings. The van der Waals surface area contributed by atoms with Gasteiger partial charge in [0.15, 0.2) is 0 Å². The molecule has 1 aromatic carbocycles. The highest BCUT2D eigenvalue weighted by molar-refractivity contribution is 5.88. The molecule has 2 rings (SSSR count). The van der Waals surface area contributed by atoms with Crippen LogP contribution in [0, 0.1) is 0 Å². The van der Waals surface area contributed by atoms with E-state index in [4.69, 9.17) is 0 Å². The van der Waals surface area contributed by atoms with E-state index in [0.717, 1.165) is 12.8 Å². The highest BCUT2D eigenvalue weighted by Gasteiger charge is 2.08. The fourth-order valence-corrected chi connectivity index (χ4v) is 1.62. The number of phenols is 1. The number of aromatic hydroxyl groups is 1. The van der Waals surface area contributed by atoms with Gasteiger partial charge in [-0.3, -0.25) is 4.99 Å². The molecule has 1 saturated carbocycles. The molecule has 0 unspecified atom stereocenters. The molecule has 2 heteroatoms. The Hall–Kier alpha value is -1.31. The van der Waals surface area contributed by atoms with Crippen molar-refractivity contribution in [1.29, 1.82) is 0 Å². The normalized spacial score (nSPS) is 16.2. The van der Waals surface area contributed by atoms with Crippen LogP contribution in [0.2, 0.25) is 0 Å². The van der Waals surface area contributed by atoms with Crippen molar-refractivity contribution in [3.8, 4) is 5.75 Å². The predicted molar refractivity (Wildman–Crippen MR) is 53.7 cm³/mol. The summed E-state index contributed by atoms with van der Waals surface area (Å²) in [6.45, 7) is 0. The third kappa shape index (κ3) is 1.89. The van der Waals surface area contributed by atoms with Crippen LogP contribution in [0.5, 0.6) is 5.75 Å². The molecule has 0 aromatic heterocycles. The first kappa shape index (κ1) is 8.30. The molecule has 0 aliphatic heterocycles. The number of aliphatic imine (C=N–C) groups is 1. The Bertz CT molecular complexity index is 323. The van der Waals surface area contributed by atoms with Gasteiger partial charge < -0.3 is 5.11 Å². The molecule has 0 radical (unpaired) electrons. The zero-order valence-corrected chi connectivity index (χ0v) is 7.53. The van der Waals surface area contributed by atoms with Crippen molar-refractivity contribution in [3.63, 3.8) is 0 Å². The quantitative estimate of drug-likeness (QED) is 0.699. The first-order chi connectivity index (χ1) is 6.36. The number of rotatable bonds is 1. The van der Waals surface area contributed by atoms with Gasteiger partial charge in [-0.05, 0) is 37.8 Å². The van der Waals surface area contributed by atoms with E-state index < -0.39 is 0 Å². The van der Waals surface area contributed by atoms with Gasteiger partial charge in [-0.2, -0.15) is 0 Å². The lowest BCUT2D eigenvalue weighted by Crippen LogP contribution is -1.86. The molecule has 2 nitrogen and oxygen atoms in total. The molecule has 0 heterocycles. The first-order valence-electron chi connectivity index (χ1n) is 4.71. The van der Waals surface area contributed by atoms with Crippen LogP contribution in [-0.2, 0) is 0 Å². The second kappa shape index (κ2) is 3.60. The maximum Gasteiger partial charge on any atom is 0.141 e. The summed E-state index contributed by atoms with van der Waals surface area (Å²) < 4.78 is 0. The van der Waals surface area contributed by atoms with Crippen molar-refractivity contribution < 1.29 is 5.11 Å². The lowest BCUT2D eigenvalue weighted by Gasteiger charge is -1.99. The van der Waals surface area contributed by atoms with Gasteiger partial charge in [0.2, 0.25) is 0 Å². The standard InChI is InChI=1S/C11H13NO/c13-11-8-4-3-7-10(11)12-9-5-1-2-6-9/h3-4,7-8,13H,1-2,5-6H2. The summed E-state index contributed by atoms with van der Waals surface area (Å²) >= 11 is 0. The maximum absolute atomic E-state index is 9.46. The molecule has 1 N–H and O–H groups in total. The van der Waals surface area contributed by atoms with Crippen LogP contribution in [0.15, 0.2) is 29.3 Å². The van der Waals surface area contributed by atoms with Gasteiger partial charge in [0.1, 0.15) is 11.4 Å². The van der Waals surface area contributed by atoms with E-state index in [1.54, 1.807) is 6.07 Å². The van der Waals surface area contributed by atoms with Crippen LogP contribution < -0.4 is 0 Å². The molecule has 1 aliphatic rings. The number of para-hydroxylation sites is 2. The van der Waals surface area contributed by atoms with Crippen molar-refractivity contribution in [3.05, 3.63) is 24.3 Å². The molecule has 0 spiro atoms. The largest absolute Gasteiger partial charge is 0.506 e. The number of hydrogen-bond donors (Lipinski definition) is 1. The Morgan fingerprint density at radius 1 is 1.08 bits per heavy atom. The summed E-state index contributed by atoms with van der Waals surface area (Å²) in [5.41, 5.74) is 1.93. The van der Waals surface area contributed by atoms with Crippen LogP contribution in [0.4, 0.5) is 5.69 Å². The van der Waals surface area contributed by atoms with Crippen LogP contribution in [-0.4, -0.2) is 10.8 Å². The Morgan fingerprint density at radius 3 is 2.46 bits per heavy atom. The van der Waals surface area contributed by atoms with Crippen molar-refractivity contribution >= 4 is 11.4 Å². The summed E-state index contributed by atoms with van der Waals surface area (Å²) in [5, 5.41) is 9.46. The molecule has 1 aliphatic carbocycles. The molecular weight excluding hydrogens is 162 g/mol. The van der Waals surface area contributed by atoms with Crippen LogP contribution in [0.25, 0.3) is 0 Å². The van der Waals surface area contributed by atoms with Crippen LogP contribution in [0.1, 0.15) is 25.7 Å². The van der Waals surface area contributed by atoms with E-state index in [-0.39, 0.29) is 5.75 Å². The average molecular weight is 175 g/mol. The number of phenolic OH excluding ortho intramolecular Hbond substituents is 1. The average Bonchev–Trinajstić information content (AvgIpc) is 2.61. The summed E-state index contributed by atoms with van der Waals surface area (Å²) in [6.07, 6.45) is 4.67. The van der Waals surface area contributed by atoms with E-state index in [1.165, 1.54) is 18.6 Å². The van der Waals surface area contributed by atoms with E-state index in [9.17, 15) is 5.11 Å². The third-order valence-corrected chi connectivity index (χ3v) is 2.34. The Kier molecular flexibility index (Phi) is 2.30. The monoisotopic (exact) mass is 175 g/mol. The highest BCUT2D eigenvalue weighted by atomic mass is 16.3. The van der Waals surface area contributed by atoms with Crippen molar-refractivity contribution in [2.24, 2.45) is 4.99 Å². The summed E-state index contributed by atoms with van der Waals surface area (Å²) in [6, 6.07) is 7.23. The van der Waals surface area contributed by atoms with Gasteiger partial charge in [-0.25, -0.2) is 0 Å². The van der Waals surface area contributed by atoms with Gasteiger partial charge in [0, 0.05) is 5.71 Å². The Labute approximate surface area is 77.9 Å². The fraction of sp³-hybridized carbons (Fsp3) is 0.364. The number of hydrogen-bond acceptors (Lipinski definition) is 2. The van der Waals surface area contributed by atoms with E-state index >= 15 is 0 Å². The Balaban J connectivity index is 2.25. The molecule has 0 saturated heterocycles. The fourth-order valence-electron chi connectivity index (χ4n) is 1.62. The second-order valence-corrected chi connectivity index (χ2v) is 3.37. The third-order valence-electron chi connectivity index (χ3n) is 2.34. The van der Waals surface area contributed by atoms with Gasteiger partial charge in [0.25, 0.3) is 0 Å². The SMILES string of the molecule is Oc1ccccc1N=C1CCCC1. The Morgan fingerprint density at radius 2 is 1.77 bits per heavy atom. The maximum atomic E-state index is 9.46. The highest BCUT2D eigenvalue weighted by Crippen LogP contribution is 2.27. The van der Waals surface area contributed by atoms with Gasteiger partial charge in [0.05, 0.1) is 0 Å². The lowest BCUT2D eigenvalue weighted by atomic mass is 10.2. The minimum Gasteiger partial charge on any atom is -0.506 e. The van der Waals surface area contributed by atoms with Crippen molar-refractivity contribution in [2.45, 2.75) is 25.7 Å². The zero-order valence-electron chi connectivity index (χ0n) is 7.53. The van der Waals surface area contributed by atoms with Crippen molar-refractivity contribution in [2.75, 3.05) is 0 Å². The van der Waals surface area contributed by atoms with Crippen LogP contribution >= 0.6 is 0 Å². The van der Waals surface area contributed by atoms with Crippen molar-refractivity contribution in [1.82, 2.24) is 0 Å². The molecular formula is C11H13NO. The smallest absolute Gasteiger partial charge is 0.141 e. The predicted octanol–water partition coefficient (Wildman–Crippen LogP) is 3.04. The molecule has 0 atom stereocenters. The van der Waals surface area contributed by atoms with Gasteiger partial charge in [-0.1, -0.05) is 12.1 Å². The van der Waals surface area contributed by atoms with Crippen LogP contribution in [0.3, 0.4) is 0 Å².